The molecule has 6 heteroatoms. The van der Waals surface area contributed by atoms with Crippen molar-refractivity contribution in [3.8, 4) is 5.75 Å². The Morgan fingerprint density at radius 2 is 1.89 bits per heavy atom. The molecule has 0 saturated carbocycles. The minimum atomic E-state index is -1.72. The van der Waals surface area contributed by atoms with Crippen LogP contribution in [0.25, 0.3) is 0 Å². The first kappa shape index (κ1) is 17.8. The monoisotopic (exact) mass is 426 g/mol. The van der Waals surface area contributed by atoms with Gasteiger partial charge in [0.05, 0.1) is 25.0 Å². The summed E-state index contributed by atoms with van der Waals surface area (Å²) in [6, 6.07) is 16.7. The Morgan fingerprint density at radius 1 is 1.15 bits per heavy atom. The Balaban J connectivity index is 1.80. The highest BCUT2D eigenvalue weighted by atomic mass is 79.9. The van der Waals surface area contributed by atoms with Crippen LogP contribution in [0.4, 0.5) is 5.69 Å². The average Bonchev–Trinajstić information content (AvgIpc) is 3.19. The number of amides is 1. The number of aryl methyl sites for hydroxylation is 1. The highest BCUT2D eigenvalue weighted by Gasteiger charge is 2.52. The maximum atomic E-state index is 13.4. The van der Waals surface area contributed by atoms with Crippen molar-refractivity contribution in [2.45, 2.75) is 12.1 Å². The van der Waals surface area contributed by atoms with Crippen LogP contribution in [0, 0.1) is 0 Å². The molecular formula is C21H19BrN2O3. The zero-order valence-corrected chi connectivity index (χ0v) is 16.6. The number of hydrogen-bond acceptors (Lipinski definition) is 3. The van der Waals surface area contributed by atoms with Crippen molar-refractivity contribution in [3.05, 3.63) is 82.1 Å². The van der Waals surface area contributed by atoms with Gasteiger partial charge in [0, 0.05) is 23.3 Å². The van der Waals surface area contributed by atoms with Gasteiger partial charge in [-0.3, -0.25) is 4.79 Å². The molecule has 0 unspecified atom stereocenters. The first-order chi connectivity index (χ1) is 12.9. The van der Waals surface area contributed by atoms with Crippen LogP contribution < -0.4 is 9.64 Å². The number of aliphatic hydroxyl groups is 1. The molecule has 1 N–H and O–H groups in total. The van der Waals surface area contributed by atoms with E-state index in [9.17, 15) is 9.90 Å². The number of benzene rings is 2. The SMILES string of the molecule is COc1ccc(CN2C(=O)[C@@](O)(c3cccn3C)c3cc(Br)ccc32)cc1. The summed E-state index contributed by atoms with van der Waals surface area (Å²) in [4.78, 5) is 15.0. The molecule has 0 bridgehead atoms. The van der Waals surface area contributed by atoms with Crippen molar-refractivity contribution in [2.75, 3.05) is 12.0 Å². The van der Waals surface area contributed by atoms with E-state index in [1.165, 1.54) is 0 Å². The molecule has 138 valence electrons. The van der Waals surface area contributed by atoms with Crippen LogP contribution in [0.5, 0.6) is 5.75 Å². The predicted molar refractivity (Wildman–Crippen MR) is 107 cm³/mol. The smallest absolute Gasteiger partial charge is 0.270 e. The summed E-state index contributed by atoms with van der Waals surface area (Å²) in [6.45, 7) is 0.365. The lowest BCUT2D eigenvalue weighted by Crippen LogP contribution is -2.42. The topological polar surface area (TPSA) is 54.7 Å². The average molecular weight is 427 g/mol. The van der Waals surface area contributed by atoms with E-state index in [1.807, 2.05) is 61.8 Å². The summed E-state index contributed by atoms with van der Waals surface area (Å²) >= 11 is 3.46. The Kier molecular flexibility index (Phi) is 4.32. The lowest BCUT2D eigenvalue weighted by Gasteiger charge is -2.24. The maximum Gasteiger partial charge on any atom is 0.270 e. The molecule has 0 spiro atoms. The first-order valence-electron chi connectivity index (χ1n) is 8.54. The fraction of sp³-hybridized carbons (Fsp3) is 0.190. The van der Waals surface area contributed by atoms with Crippen LogP contribution in [-0.4, -0.2) is 22.7 Å². The number of methoxy groups -OCH3 is 1. The highest BCUT2D eigenvalue weighted by Crippen LogP contribution is 2.46. The largest absolute Gasteiger partial charge is 0.497 e. The zero-order valence-electron chi connectivity index (χ0n) is 15.0. The van der Waals surface area contributed by atoms with Gasteiger partial charge in [0.25, 0.3) is 5.91 Å². The Hall–Kier alpha value is -2.57. The van der Waals surface area contributed by atoms with Crippen molar-refractivity contribution in [3.63, 3.8) is 0 Å². The lowest BCUT2D eigenvalue weighted by molar-refractivity contribution is -0.132. The van der Waals surface area contributed by atoms with Gasteiger partial charge in [-0.05, 0) is 48.0 Å². The quantitative estimate of drug-likeness (QED) is 0.693. The molecule has 1 amide bonds. The van der Waals surface area contributed by atoms with Crippen molar-refractivity contribution in [1.82, 2.24) is 4.57 Å². The van der Waals surface area contributed by atoms with E-state index in [4.69, 9.17) is 4.74 Å². The zero-order chi connectivity index (χ0) is 19.2. The number of anilines is 1. The number of nitrogens with zero attached hydrogens (tertiary/aromatic N) is 2. The minimum absolute atomic E-state index is 0.354. The van der Waals surface area contributed by atoms with E-state index in [-0.39, 0.29) is 5.91 Å². The second-order valence-corrected chi connectivity index (χ2v) is 7.53. The standard InChI is InChI=1S/C21H19BrN2O3/c1-23-11-3-4-19(23)21(26)17-12-15(22)7-10-18(17)24(20(21)25)13-14-5-8-16(27-2)9-6-14/h3-12,26H,13H2,1-2H3/t21-/m0/s1. The fourth-order valence-electron chi connectivity index (χ4n) is 3.61. The summed E-state index contributed by atoms with van der Waals surface area (Å²) in [5.74, 6) is 0.407. The van der Waals surface area contributed by atoms with Gasteiger partial charge in [-0.1, -0.05) is 28.1 Å². The number of halogens is 1. The van der Waals surface area contributed by atoms with Crippen molar-refractivity contribution < 1.29 is 14.6 Å². The number of carbonyl (C=O) groups excluding carboxylic acids is 1. The number of carbonyl (C=O) groups is 1. The van der Waals surface area contributed by atoms with Gasteiger partial charge in [-0.15, -0.1) is 0 Å². The van der Waals surface area contributed by atoms with E-state index in [2.05, 4.69) is 15.9 Å². The van der Waals surface area contributed by atoms with Crippen LogP contribution in [-0.2, 0) is 24.0 Å². The van der Waals surface area contributed by atoms with E-state index < -0.39 is 5.60 Å². The Bertz CT molecular complexity index is 1010. The van der Waals surface area contributed by atoms with Gasteiger partial charge >= 0.3 is 0 Å². The van der Waals surface area contributed by atoms with E-state index >= 15 is 0 Å². The third-order valence-electron chi connectivity index (χ3n) is 5.01. The molecule has 0 radical (unpaired) electrons. The second-order valence-electron chi connectivity index (χ2n) is 6.62. The highest BCUT2D eigenvalue weighted by molar-refractivity contribution is 9.10. The van der Waals surface area contributed by atoms with Crippen LogP contribution in [0.3, 0.4) is 0 Å². The number of ether oxygens (including phenoxy) is 1. The van der Waals surface area contributed by atoms with Gasteiger partial charge < -0.3 is 19.3 Å². The third-order valence-corrected chi connectivity index (χ3v) is 5.50. The molecule has 0 aliphatic carbocycles. The molecule has 27 heavy (non-hydrogen) atoms. The van der Waals surface area contributed by atoms with Gasteiger partial charge in [0.1, 0.15) is 5.75 Å². The number of fused-ring (bicyclic) bond motifs is 1. The summed E-state index contributed by atoms with van der Waals surface area (Å²) in [6.07, 6.45) is 1.82. The van der Waals surface area contributed by atoms with E-state index in [0.717, 1.165) is 15.8 Å². The van der Waals surface area contributed by atoms with Gasteiger partial charge in [0.2, 0.25) is 5.60 Å². The molecule has 1 atom stereocenters. The molecule has 4 rings (SSSR count). The predicted octanol–water partition coefficient (Wildman–Crippen LogP) is 3.58. The molecule has 5 nitrogen and oxygen atoms in total. The molecular weight excluding hydrogens is 408 g/mol. The Morgan fingerprint density at radius 3 is 2.52 bits per heavy atom. The van der Waals surface area contributed by atoms with Crippen LogP contribution in [0.1, 0.15) is 16.8 Å². The first-order valence-corrected chi connectivity index (χ1v) is 9.33. The van der Waals surface area contributed by atoms with Crippen molar-refractivity contribution >= 4 is 27.5 Å². The maximum absolute atomic E-state index is 13.4. The lowest BCUT2D eigenvalue weighted by atomic mass is 9.92. The molecule has 2 heterocycles. The minimum Gasteiger partial charge on any atom is -0.497 e. The third kappa shape index (κ3) is 2.76. The van der Waals surface area contributed by atoms with Crippen LogP contribution in [0.2, 0.25) is 0 Å². The van der Waals surface area contributed by atoms with E-state index in [0.29, 0.717) is 23.5 Å². The number of aromatic nitrogens is 1. The van der Waals surface area contributed by atoms with E-state index in [1.54, 1.807) is 22.6 Å². The summed E-state index contributed by atoms with van der Waals surface area (Å²) < 4.78 is 7.79. The van der Waals surface area contributed by atoms with Crippen molar-refractivity contribution in [1.29, 1.82) is 0 Å². The van der Waals surface area contributed by atoms with Gasteiger partial charge in [0.15, 0.2) is 0 Å². The fourth-order valence-corrected chi connectivity index (χ4v) is 3.97. The van der Waals surface area contributed by atoms with Crippen molar-refractivity contribution in [2.24, 2.45) is 7.05 Å². The molecule has 1 aliphatic heterocycles. The van der Waals surface area contributed by atoms with Gasteiger partial charge in [-0.2, -0.15) is 0 Å². The number of hydrogen-bond donors (Lipinski definition) is 1. The van der Waals surface area contributed by atoms with Gasteiger partial charge in [-0.25, -0.2) is 0 Å². The summed E-state index contributed by atoms with van der Waals surface area (Å²) in [7, 11) is 3.44. The number of rotatable bonds is 4. The van der Waals surface area contributed by atoms with Crippen LogP contribution in [0.15, 0.2) is 65.3 Å². The molecule has 3 aromatic rings. The summed E-state index contributed by atoms with van der Waals surface area (Å²) in [5.41, 5.74) is 1.07. The Labute approximate surface area is 165 Å². The molecule has 1 aromatic heterocycles. The molecule has 0 fully saturated rings. The van der Waals surface area contributed by atoms with Crippen LogP contribution >= 0.6 is 15.9 Å². The molecule has 1 aliphatic rings. The normalized spacial score (nSPS) is 18.7. The summed E-state index contributed by atoms with van der Waals surface area (Å²) in [5, 5.41) is 11.6. The molecule has 0 saturated heterocycles. The second kappa shape index (κ2) is 6.55. The molecule has 2 aromatic carbocycles.